The van der Waals surface area contributed by atoms with E-state index in [1.165, 1.54) is 19.2 Å². The summed E-state index contributed by atoms with van der Waals surface area (Å²) in [5.41, 5.74) is 2.37. The van der Waals surface area contributed by atoms with E-state index >= 15 is 0 Å². The summed E-state index contributed by atoms with van der Waals surface area (Å²) in [6.45, 7) is 5.60. The fourth-order valence-electron chi connectivity index (χ4n) is 3.86. The average molecular weight is 491 g/mol. The molecule has 1 saturated heterocycles. The van der Waals surface area contributed by atoms with Gasteiger partial charge < -0.3 is 14.2 Å². The third-order valence-electron chi connectivity index (χ3n) is 5.93. The summed E-state index contributed by atoms with van der Waals surface area (Å²) in [5, 5.41) is 0. The highest BCUT2D eigenvalue weighted by atomic mass is 32.2. The Kier molecular flexibility index (Phi) is 9.28. The van der Waals surface area contributed by atoms with Crippen molar-refractivity contribution in [2.24, 2.45) is 0 Å². The molecule has 8 nitrogen and oxygen atoms in total. The third-order valence-corrected chi connectivity index (χ3v) is 6.66. The molecular formula is C24H29FN3O5S-. The largest absolute Gasteiger partial charge is 0.760 e. The number of amides is 1. The van der Waals surface area contributed by atoms with Gasteiger partial charge in [0.05, 0.1) is 12.7 Å². The van der Waals surface area contributed by atoms with Crippen LogP contribution in [0, 0.1) is 5.82 Å². The van der Waals surface area contributed by atoms with Crippen molar-refractivity contribution in [3.63, 3.8) is 0 Å². The first-order chi connectivity index (χ1) is 16.3. The van der Waals surface area contributed by atoms with Gasteiger partial charge in [0.2, 0.25) is 5.91 Å². The lowest BCUT2D eigenvalue weighted by atomic mass is 10.1. The molecule has 0 saturated carbocycles. The molecule has 10 heteroatoms. The molecule has 1 aliphatic heterocycles. The summed E-state index contributed by atoms with van der Waals surface area (Å²) in [6.07, 6.45) is 0.480. The number of piperazine rings is 1. The highest BCUT2D eigenvalue weighted by Crippen LogP contribution is 2.16. The number of hydrogen-bond acceptors (Lipinski definition) is 6. The van der Waals surface area contributed by atoms with Crippen molar-refractivity contribution >= 4 is 23.1 Å². The van der Waals surface area contributed by atoms with E-state index in [2.05, 4.69) is 9.64 Å². The van der Waals surface area contributed by atoms with E-state index in [9.17, 15) is 22.7 Å². The van der Waals surface area contributed by atoms with Gasteiger partial charge in [-0.2, -0.15) is 0 Å². The monoisotopic (exact) mass is 490 g/mol. The van der Waals surface area contributed by atoms with E-state index in [1.807, 2.05) is 29.2 Å². The van der Waals surface area contributed by atoms with Crippen LogP contribution in [0.25, 0.3) is 0 Å². The predicted octanol–water partition coefficient (Wildman–Crippen LogP) is 2.12. The van der Waals surface area contributed by atoms with Crippen molar-refractivity contribution in [2.75, 3.05) is 39.8 Å². The first kappa shape index (κ1) is 26.0. The Bertz CT molecular complexity index is 1030. The second-order valence-corrected chi connectivity index (χ2v) is 9.18. The first-order valence-corrected chi connectivity index (χ1v) is 12.1. The van der Waals surface area contributed by atoms with Gasteiger partial charge in [0.15, 0.2) is 0 Å². The van der Waals surface area contributed by atoms with Crippen molar-refractivity contribution in [3.05, 3.63) is 70.5 Å². The number of carbonyl (C=O) groups excluding carboxylic acids is 2. The molecule has 1 amide bonds. The van der Waals surface area contributed by atoms with Crippen LogP contribution < -0.4 is 0 Å². The zero-order valence-electron chi connectivity index (χ0n) is 19.4. The lowest BCUT2D eigenvalue weighted by molar-refractivity contribution is -0.130. The van der Waals surface area contributed by atoms with E-state index in [0.29, 0.717) is 6.42 Å². The summed E-state index contributed by atoms with van der Waals surface area (Å²) in [4.78, 5) is 27.1. The van der Waals surface area contributed by atoms with Gasteiger partial charge in [0.1, 0.15) is 5.82 Å². The minimum absolute atomic E-state index is 0.0689. The SMILES string of the molecule is COC(=O)c1ccc(CN(CCc2ccc(CN3CCN(C(C)=O)CC3)cc2)S(=O)[O-])c(F)c1. The quantitative estimate of drug-likeness (QED) is 0.395. The topological polar surface area (TPSA) is 93.2 Å². The van der Waals surface area contributed by atoms with Gasteiger partial charge in [-0.3, -0.25) is 13.9 Å². The first-order valence-electron chi connectivity index (χ1n) is 11.0. The molecule has 0 N–H and O–H groups in total. The molecule has 184 valence electrons. The third kappa shape index (κ3) is 7.17. The molecule has 0 aromatic heterocycles. The molecule has 0 aliphatic carbocycles. The van der Waals surface area contributed by atoms with Gasteiger partial charge in [-0.1, -0.05) is 30.3 Å². The molecular weight excluding hydrogens is 461 g/mol. The van der Waals surface area contributed by atoms with Gasteiger partial charge in [-0.15, -0.1) is 0 Å². The van der Waals surface area contributed by atoms with Crippen LogP contribution in [0.1, 0.15) is 34.0 Å². The molecule has 1 heterocycles. The number of ether oxygens (including phenoxy) is 1. The van der Waals surface area contributed by atoms with Gasteiger partial charge in [0.25, 0.3) is 0 Å². The summed E-state index contributed by atoms with van der Waals surface area (Å²) in [5.74, 6) is -1.21. The van der Waals surface area contributed by atoms with Crippen LogP contribution in [-0.4, -0.2) is 74.6 Å². The standard InChI is InChI=1S/C24H30FN3O5S/c1-18(29)27-13-11-26(12-14-27)16-20-5-3-19(4-6-20)9-10-28(34(31)32)17-22-8-7-21(15-23(22)25)24(30)33-2/h3-8,15H,9-14,16-17H2,1-2H3,(H,31,32)/p-1. The maximum absolute atomic E-state index is 14.4. The number of hydrogen-bond donors (Lipinski definition) is 0. The average Bonchev–Trinajstić information content (AvgIpc) is 2.83. The highest BCUT2D eigenvalue weighted by molar-refractivity contribution is 7.76. The smallest absolute Gasteiger partial charge is 0.337 e. The molecule has 1 aliphatic rings. The Hall–Kier alpha value is -2.66. The number of methoxy groups -OCH3 is 1. The van der Waals surface area contributed by atoms with Crippen LogP contribution in [0.5, 0.6) is 0 Å². The molecule has 3 rings (SSSR count). The number of rotatable bonds is 9. The zero-order valence-corrected chi connectivity index (χ0v) is 20.2. The summed E-state index contributed by atoms with van der Waals surface area (Å²) >= 11 is -2.53. The van der Waals surface area contributed by atoms with Crippen LogP contribution in [0.3, 0.4) is 0 Å². The van der Waals surface area contributed by atoms with Crippen LogP contribution in [0.4, 0.5) is 4.39 Å². The summed E-state index contributed by atoms with van der Waals surface area (Å²) in [7, 11) is 1.21. The Morgan fingerprint density at radius 3 is 2.29 bits per heavy atom. The lowest BCUT2D eigenvalue weighted by Gasteiger charge is -2.34. The van der Waals surface area contributed by atoms with E-state index in [-0.39, 0.29) is 30.1 Å². The summed E-state index contributed by atoms with van der Waals surface area (Å²) in [6, 6.07) is 11.8. The fourth-order valence-corrected chi connectivity index (χ4v) is 4.35. The minimum Gasteiger partial charge on any atom is -0.760 e. The molecule has 0 spiro atoms. The number of carbonyl (C=O) groups is 2. The Balaban J connectivity index is 1.53. The van der Waals surface area contributed by atoms with Crippen molar-refractivity contribution in [1.82, 2.24) is 14.1 Å². The Labute approximate surface area is 201 Å². The number of esters is 1. The lowest BCUT2D eigenvalue weighted by Crippen LogP contribution is -2.47. The molecule has 0 bridgehead atoms. The number of halogens is 1. The van der Waals surface area contributed by atoms with Gasteiger partial charge >= 0.3 is 5.97 Å². The molecule has 2 aromatic carbocycles. The van der Waals surface area contributed by atoms with Gasteiger partial charge in [0, 0.05) is 69.6 Å². The second-order valence-electron chi connectivity index (χ2n) is 8.23. The molecule has 1 fully saturated rings. The Morgan fingerprint density at radius 2 is 1.74 bits per heavy atom. The number of nitrogens with zero attached hydrogens (tertiary/aromatic N) is 3. The van der Waals surface area contributed by atoms with Gasteiger partial charge in [-0.25, -0.2) is 13.5 Å². The van der Waals surface area contributed by atoms with Gasteiger partial charge in [-0.05, 0) is 29.7 Å². The van der Waals surface area contributed by atoms with Crippen molar-refractivity contribution in [3.8, 4) is 0 Å². The molecule has 34 heavy (non-hydrogen) atoms. The molecule has 1 unspecified atom stereocenters. The zero-order chi connectivity index (χ0) is 24.7. The van der Waals surface area contributed by atoms with Crippen LogP contribution >= 0.6 is 0 Å². The highest BCUT2D eigenvalue weighted by Gasteiger charge is 2.18. The molecule has 2 aromatic rings. The Morgan fingerprint density at radius 1 is 1.09 bits per heavy atom. The summed E-state index contributed by atoms with van der Waals surface area (Å²) < 4.78 is 43.5. The van der Waals surface area contributed by atoms with E-state index in [1.54, 1.807) is 6.92 Å². The van der Waals surface area contributed by atoms with Crippen LogP contribution in [-0.2, 0) is 40.3 Å². The van der Waals surface area contributed by atoms with E-state index in [0.717, 1.165) is 54.2 Å². The van der Waals surface area contributed by atoms with E-state index in [4.69, 9.17) is 0 Å². The van der Waals surface area contributed by atoms with Crippen LogP contribution in [0.2, 0.25) is 0 Å². The van der Waals surface area contributed by atoms with Crippen molar-refractivity contribution < 1.29 is 27.5 Å². The number of benzene rings is 2. The van der Waals surface area contributed by atoms with Crippen LogP contribution in [0.15, 0.2) is 42.5 Å². The van der Waals surface area contributed by atoms with Crippen molar-refractivity contribution in [1.29, 1.82) is 0 Å². The predicted molar refractivity (Wildman–Crippen MR) is 125 cm³/mol. The molecule has 0 radical (unpaired) electrons. The maximum Gasteiger partial charge on any atom is 0.337 e. The normalized spacial score (nSPS) is 15.4. The maximum atomic E-state index is 14.4. The minimum atomic E-state index is -2.53. The second kappa shape index (κ2) is 12.2. The van der Waals surface area contributed by atoms with Crippen molar-refractivity contribution in [2.45, 2.75) is 26.4 Å². The fraction of sp³-hybridized carbons (Fsp3) is 0.417. The van der Waals surface area contributed by atoms with E-state index < -0.39 is 23.1 Å². The molecule has 1 atom stereocenters.